The Balaban J connectivity index is 1.23. The molecule has 4 heterocycles. The number of halogens is 1. The first-order valence-electron chi connectivity index (χ1n) is 16.8. The highest BCUT2D eigenvalue weighted by Gasteiger charge is 2.66. The van der Waals surface area contributed by atoms with Gasteiger partial charge in [-0.05, 0) is 60.8 Å². The number of carbonyl (C=O) groups excluding carboxylic acids is 2. The summed E-state index contributed by atoms with van der Waals surface area (Å²) in [5.74, 6) is -0.832. The zero-order valence-electron chi connectivity index (χ0n) is 27.7. The van der Waals surface area contributed by atoms with Gasteiger partial charge in [-0.25, -0.2) is 0 Å². The Hall–Kier alpha value is -4.71. The fraction of sp³-hybridized carbons (Fsp3) is 0.316. The van der Waals surface area contributed by atoms with Gasteiger partial charge in [-0.1, -0.05) is 66.7 Å². The minimum atomic E-state index is -3.40. The van der Waals surface area contributed by atoms with Crippen LogP contribution < -0.4 is 9.80 Å². The molecule has 1 aromatic heterocycles. The fourth-order valence-corrected chi connectivity index (χ4v) is 11.0. The Morgan fingerprint density at radius 1 is 0.980 bits per heavy atom. The maximum atomic E-state index is 16.5. The van der Waals surface area contributed by atoms with E-state index in [4.69, 9.17) is 4.74 Å². The van der Waals surface area contributed by atoms with Gasteiger partial charge in [-0.2, -0.15) is 0 Å². The topological polar surface area (TPSA) is 101 Å². The maximum absolute atomic E-state index is 16.5. The summed E-state index contributed by atoms with van der Waals surface area (Å²) in [6, 6.07) is 27.2. The molecule has 5 aromatic rings. The molecule has 0 aliphatic carbocycles. The van der Waals surface area contributed by atoms with Crippen molar-refractivity contribution in [3.63, 3.8) is 0 Å². The Kier molecular flexibility index (Phi) is 7.54. The number of hydrogen-bond acceptors (Lipinski definition) is 6. The van der Waals surface area contributed by atoms with Crippen LogP contribution in [0.15, 0.2) is 91.1 Å². The Morgan fingerprint density at radius 2 is 1.76 bits per heavy atom. The van der Waals surface area contributed by atoms with Crippen molar-refractivity contribution in [3.8, 4) is 0 Å². The van der Waals surface area contributed by atoms with Crippen LogP contribution in [-0.2, 0) is 34.6 Å². The van der Waals surface area contributed by atoms with E-state index in [1.165, 1.54) is 0 Å². The Bertz CT molecular complexity index is 2090. The van der Waals surface area contributed by atoms with Crippen LogP contribution in [0.4, 0.5) is 21.2 Å². The molecule has 0 saturated carbocycles. The fourth-order valence-electron chi connectivity index (χ4n) is 8.48. The molecule has 8 rings (SSSR count). The third-order valence-electron chi connectivity index (χ3n) is 10.5. The molecule has 1 saturated heterocycles. The van der Waals surface area contributed by atoms with Gasteiger partial charge in [0.25, 0.3) is 11.8 Å². The number of hydrogen-bond donors (Lipinski definition) is 1. The first kappa shape index (κ1) is 31.5. The van der Waals surface area contributed by atoms with Gasteiger partial charge in [0.2, 0.25) is 8.41 Å². The van der Waals surface area contributed by atoms with E-state index in [0.717, 1.165) is 22.0 Å². The minimum Gasteiger partial charge on any atom is -0.396 e. The predicted molar refractivity (Wildman–Crippen MR) is 188 cm³/mol. The van der Waals surface area contributed by atoms with E-state index < -0.39 is 31.6 Å². The molecule has 49 heavy (non-hydrogen) atoms. The minimum absolute atomic E-state index is 0.0264. The second-order valence-corrected chi connectivity index (χ2v) is 17.7. The molecule has 11 heteroatoms. The van der Waals surface area contributed by atoms with Crippen LogP contribution in [0.5, 0.6) is 0 Å². The van der Waals surface area contributed by atoms with E-state index in [9.17, 15) is 14.7 Å². The van der Waals surface area contributed by atoms with Gasteiger partial charge in [-0.15, -0.1) is 5.10 Å². The summed E-state index contributed by atoms with van der Waals surface area (Å²) in [6.07, 6.45) is 2.06. The van der Waals surface area contributed by atoms with Gasteiger partial charge < -0.3 is 18.9 Å². The number of aliphatic hydroxyl groups is 1. The number of nitrogens with zero attached hydrogens (tertiary/aromatic N) is 5. The smallest absolute Gasteiger partial charge is 0.264 e. The van der Waals surface area contributed by atoms with Crippen LogP contribution in [0.25, 0.3) is 10.8 Å². The molecule has 4 aromatic carbocycles. The predicted octanol–water partition coefficient (Wildman–Crippen LogP) is 6.67. The number of fused-ring (bicyclic) bond motifs is 2. The standard InChI is InChI=1S/C38H38FN5O4Si/c1-24-35(49(2,3)39)33(17-19-42-23-27(18-20-45)40-41-42)48-38(24)30-21-28(15-16-31(30)43(37(38)47)22-25-9-5-4-6-10-25)44-32-14-8-12-26-11-7-13-29(34(26)32)36(44)46/h4-16,21,23-24,33,35,45H,17-20,22H2,1-3H3/t24-,33+,35-,38+/m0/s1. The van der Waals surface area contributed by atoms with Crippen molar-refractivity contribution < 1.29 is 23.5 Å². The summed E-state index contributed by atoms with van der Waals surface area (Å²) >= 11 is 0. The third kappa shape index (κ3) is 4.93. The average molecular weight is 676 g/mol. The molecule has 1 fully saturated rings. The summed E-state index contributed by atoms with van der Waals surface area (Å²) in [5.41, 5.74) is 3.12. The second-order valence-electron chi connectivity index (χ2n) is 13.9. The van der Waals surface area contributed by atoms with Crippen molar-refractivity contribution in [2.45, 2.75) is 63.2 Å². The summed E-state index contributed by atoms with van der Waals surface area (Å²) < 4.78 is 25.2. The molecule has 0 radical (unpaired) electrons. The van der Waals surface area contributed by atoms with E-state index in [1.807, 2.05) is 91.9 Å². The second kappa shape index (κ2) is 11.7. The van der Waals surface area contributed by atoms with E-state index in [1.54, 1.807) is 33.8 Å². The molecule has 3 aliphatic rings. The first-order chi connectivity index (χ1) is 23.6. The van der Waals surface area contributed by atoms with Crippen LogP contribution in [0.3, 0.4) is 0 Å². The Labute approximate surface area is 285 Å². The van der Waals surface area contributed by atoms with E-state index in [2.05, 4.69) is 10.3 Å². The van der Waals surface area contributed by atoms with Crippen LogP contribution in [0.2, 0.25) is 18.6 Å². The van der Waals surface area contributed by atoms with Gasteiger partial charge >= 0.3 is 0 Å². The van der Waals surface area contributed by atoms with Gasteiger partial charge in [0.05, 0.1) is 35.3 Å². The SMILES string of the molecule is C[C@H]1[C@H]([Si](C)(C)F)[C@@H](CCn2cc(CCO)nn2)O[C@]12C(=O)N(Cc1ccccc1)c1ccc(N3C(=O)c4cccc5cccc3c45)cc12. The third-order valence-corrected chi connectivity index (χ3v) is 13.0. The van der Waals surface area contributed by atoms with Crippen LogP contribution in [0.1, 0.15) is 40.5 Å². The van der Waals surface area contributed by atoms with Gasteiger partial charge in [0, 0.05) is 53.9 Å². The Morgan fingerprint density at radius 3 is 2.51 bits per heavy atom. The van der Waals surface area contributed by atoms with E-state index in [-0.39, 0.29) is 18.4 Å². The summed E-state index contributed by atoms with van der Waals surface area (Å²) in [6.45, 7) is 6.06. The number of rotatable bonds is 9. The molecule has 9 nitrogen and oxygen atoms in total. The summed E-state index contributed by atoms with van der Waals surface area (Å²) in [4.78, 5) is 32.4. The molecule has 3 aliphatic heterocycles. The molecule has 1 N–H and O–H groups in total. The molecular weight excluding hydrogens is 638 g/mol. The lowest BCUT2D eigenvalue weighted by Gasteiger charge is -2.31. The lowest BCUT2D eigenvalue weighted by atomic mass is 9.82. The van der Waals surface area contributed by atoms with Crippen LogP contribution in [0, 0.1) is 5.92 Å². The number of amides is 2. The normalized spacial score (nSPS) is 23.0. The van der Waals surface area contributed by atoms with Crippen molar-refractivity contribution in [2.24, 2.45) is 5.92 Å². The number of ether oxygens (including phenoxy) is 1. The zero-order chi connectivity index (χ0) is 34.1. The summed E-state index contributed by atoms with van der Waals surface area (Å²) in [7, 11) is -3.40. The molecule has 0 bridgehead atoms. The molecule has 250 valence electrons. The van der Waals surface area contributed by atoms with Crippen molar-refractivity contribution in [1.29, 1.82) is 0 Å². The molecule has 0 unspecified atom stereocenters. The highest BCUT2D eigenvalue weighted by atomic mass is 28.4. The van der Waals surface area contributed by atoms with Gasteiger partial charge in [0.15, 0.2) is 5.60 Å². The van der Waals surface area contributed by atoms with Crippen molar-refractivity contribution in [1.82, 2.24) is 15.0 Å². The monoisotopic (exact) mass is 675 g/mol. The quantitative estimate of drug-likeness (QED) is 0.138. The molecule has 2 amide bonds. The average Bonchev–Trinajstić information content (AvgIpc) is 3.80. The first-order valence-corrected chi connectivity index (χ1v) is 19.8. The number of aromatic nitrogens is 3. The van der Waals surface area contributed by atoms with Gasteiger partial charge in [0.1, 0.15) is 0 Å². The van der Waals surface area contributed by atoms with E-state index >= 15 is 4.11 Å². The lowest BCUT2D eigenvalue weighted by molar-refractivity contribution is -0.146. The van der Waals surface area contributed by atoms with Crippen LogP contribution >= 0.6 is 0 Å². The molecular formula is C38H38FN5O4Si. The maximum Gasteiger partial charge on any atom is 0.264 e. The number of aliphatic hydroxyl groups excluding tert-OH is 1. The van der Waals surface area contributed by atoms with Crippen molar-refractivity contribution in [2.75, 3.05) is 16.4 Å². The van der Waals surface area contributed by atoms with Gasteiger partial charge in [-0.3, -0.25) is 19.2 Å². The largest absolute Gasteiger partial charge is 0.396 e. The number of carbonyl (C=O) groups is 2. The molecule has 4 atom stereocenters. The highest BCUT2D eigenvalue weighted by molar-refractivity contribution is 6.72. The van der Waals surface area contributed by atoms with E-state index in [0.29, 0.717) is 54.1 Å². The van der Waals surface area contributed by atoms with Crippen LogP contribution in [-0.4, -0.2) is 53.0 Å². The summed E-state index contributed by atoms with van der Waals surface area (Å²) in [5, 5.41) is 19.5. The van der Waals surface area contributed by atoms with Crippen molar-refractivity contribution >= 4 is 48.1 Å². The zero-order valence-corrected chi connectivity index (χ0v) is 28.7. The lowest BCUT2D eigenvalue weighted by Crippen LogP contribution is -2.45. The molecule has 1 spiro atoms. The van der Waals surface area contributed by atoms with Crippen molar-refractivity contribution in [3.05, 3.63) is 114 Å². The highest BCUT2D eigenvalue weighted by Crippen LogP contribution is 2.61. The number of aryl methyl sites for hydroxylation is 1. The number of benzene rings is 4. The number of anilines is 3.